The molecule has 1 amide bonds. The lowest BCUT2D eigenvalue weighted by molar-refractivity contribution is 0.0950. The molecule has 0 aliphatic carbocycles. The van der Waals surface area contributed by atoms with Crippen LogP contribution in [-0.4, -0.2) is 22.5 Å². The second-order valence-corrected chi connectivity index (χ2v) is 4.44. The highest BCUT2D eigenvalue weighted by Crippen LogP contribution is 2.16. The Morgan fingerprint density at radius 2 is 2.21 bits per heavy atom. The summed E-state index contributed by atoms with van der Waals surface area (Å²) in [4.78, 5) is 16.4. The number of carbonyl (C=O) groups is 1. The van der Waals surface area contributed by atoms with Gasteiger partial charge in [0.15, 0.2) is 0 Å². The lowest BCUT2D eigenvalue weighted by Gasteiger charge is -2.10. The Hall–Kier alpha value is -2.30. The average Bonchev–Trinajstić information content (AvgIpc) is 2.81. The Morgan fingerprint density at radius 1 is 1.42 bits per heavy atom. The van der Waals surface area contributed by atoms with Crippen LogP contribution < -0.4 is 10.6 Å². The molecule has 0 aliphatic heterocycles. The molecule has 0 atom stereocenters. The minimum absolute atomic E-state index is 0.101. The first-order valence-corrected chi connectivity index (χ1v) is 6.14. The molecule has 1 aromatic carbocycles. The molecule has 0 unspecified atom stereocenters. The highest BCUT2D eigenvalue weighted by molar-refractivity contribution is 5.99. The van der Waals surface area contributed by atoms with Crippen molar-refractivity contribution < 1.29 is 4.79 Å². The largest absolute Gasteiger partial charge is 0.387 e. The second-order valence-electron chi connectivity index (χ2n) is 4.44. The standard InChI is InChI=1S/C14H18N4O/c1-10-4-5-12(15-2)11(8-10)14(19)17-9-13-16-6-7-18(13)3/h4-8,15H,9H2,1-3H3,(H,17,19). The zero-order valence-electron chi connectivity index (χ0n) is 11.4. The van der Waals surface area contributed by atoms with Crippen LogP contribution in [0, 0.1) is 6.92 Å². The van der Waals surface area contributed by atoms with E-state index in [1.165, 1.54) is 0 Å². The molecular formula is C14H18N4O. The fourth-order valence-corrected chi connectivity index (χ4v) is 1.89. The van der Waals surface area contributed by atoms with E-state index in [2.05, 4.69) is 15.6 Å². The van der Waals surface area contributed by atoms with E-state index < -0.39 is 0 Å². The maximum atomic E-state index is 12.2. The first kappa shape index (κ1) is 13.1. The van der Waals surface area contributed by atoms with Crippen LogP contribution in [0.15, 0.2) is 30.6 Å². The maximum Gasteiger partial charge on any atom is 0.253 e. The Balaban J connectivity index is 2.12. The van der Waals surface area contributed by atoms with Crippen LogP contribution in [0.1, 0.15) is 21.7 Å². The third-order valence-electron chi connectivity index (χ3n) is 3.02. The molecule has 5 nitrogen and oxygen atoms in total. The van der Waals surface area contributed by atoms with Gasteiger partial charge in [-0.1, -0.05) is 11.6 Å². The van der Waals surface area contributed by atoms with Gasteiger partial charge >= 0.3 is 0 Å². The number of nitrogens with zero attached hydrogens (tertiary/aromatic N) is 2. The Bertz CT molecular complexity index is 589. The van der Waals surface area contributed by atoms with Crippen LogP contribution in [0.5, 0.6) is 0 Å². The van der Waals surface area contributed by atoms with Crippen LogP contribution in [0.4, 0.5) is 5.69 Å². The summed E-state index contributed by atoms with van der Waals surface area (Å²) in [6.07, 6.45) is 3.57. The van der Waals surface area contributed by atoms with Gasteiger partial charge in [0.2, 0.25) is 0 Å². The molecule has 0 saturated carbocycles. The van der Waals surface area contributed by atoms with Gasteiger partial charge in [-0.15, -0.1) is 0 Å². The fraction of sp³-hybridized carbons (Fsp3) is 0.286. The predicted octanol–water partition coefficient (Wildman–Crippen LogP) is 1.70. The van der Waals surface area contributed by atoms with Crippen LogP contribution >= 0.6 is 0 Å². The van der Waals surface area contributed by atoms with Crippen molar-refractivity contribution in [2.24, 2.45) is 7.05 Å². The van der Waals surface area contributed by atoms with E-state index in [1.807, 2.05) is 42.9 Å². The van der Waals surface area contributed by atoms with Crippen LogP contribution in [-0.2, 0) is 13.6 Å². The molecule has 0 saturated heterocycles. The zero-order valence-corrected chi connectivity index (χ0v) is 11.4. The zero-order chi connectivity index (χ0) is 13.8. The number of aromatic nitrogens is 2. The number of nitrogens with one attached hydrogen (secondary N) is 2. The Morgan fingerprint density at radius 3 is 2.84 bits per heavy atom. The number of carbonyl (C=O) groups excluding carboxylic acids is 1. The summed E-state index contributed by atoms with van der Waals surface area (Å²) in [7, 11) is 3.71. The number of rotatable bonds is 4. The first-order chi connectivity index (χ1) is 9.11. The van der Waals surface area contributed by atoms with Crippen molar-refractivity contribution in [2.45, 2.75) is 13.5 Å². The van der Waals surface area contributed by atoms with Gasteiger partial charge in [-0.05, 0) is 19.1 Å². The van der Waals surface area contributed by atoms with Gasteiger partial charge in [0.1, 0.15) is 5.82 Å². The maximum absolute atomic E-state index is 12.2. The van der Waals surface area contributed by atoms with Crippen molar-refractivity contribution in [2.75, 3.05) is 12.4 Å². The number of hydrogen-bond acceptors (Lipinski definition) is 3. The molecule has 0 aliphatic rings. The van der Waals surface area contributed by atoms with E-state index in [-0.39, 0.29) is 5.91 Å². The summed E-state index contributed by atoms with van der Waals surface area (Å²) in [5, 5.41) is 5.91. The van der Waals surface area contributed by atoms with Gasteiger partial charge in [-0.2, -0.15) is 0 Å². The first-order valence-electron chi connectivity index (χ1n) is 6.14. The number of hydrogen-bond donors (Lipinski definition) is 2. The summed E-state index contributed by atoms with van der Waals surface area (Å²) in [5.41, 5.74) is 2.53. The topological polar surface area (TPSA) is 59.0 Å². The monoisotopic (exact) mass is 258 g/mol. The Kier molecular flexibility index (Phi) is 3.85. The number of anilines is 1. The molecule has 19 heavy (non-hydrogen) atoms. The van der Waals surface area contributed by atoms with E-state index in [1.54, 1.807) is 13.2 Å². The van der Waals surface area contributed by atoms with Crippen molar-refractivity contribution in [3.63, 3.8) is 0 Å². The van der Waals surface area contributed by atoms with E-state index in [9.17, 15) is 4.79 Å². The average molecular weight is 258 g/mol. The molecule has 2 rings (SSSR count). The van der Waals surface area contributed by atoms with Crippen molar-refractivity contribution in [3.8, 4) is 0 Å². The van der Waals surface area contributed by atoms with Crippen LogP contribution in [0.2, 0.25) is 0 Å². The molecular weight excluding hydrogens is 240 g/mol. The molecule has 5 heteroatoms. The van der Waals surface area contributed by atoms with E-state index in [4.69, 9.17) is 0 Å². The minimum atomic E-state index is -0.101. The number of benzene rings is 1. The summed E-state index contributed by atoms with van der Waals surface area (Å²) >= 11 is 0. The Labute approximate surface area is 112 Å². The molecule has 0 fully saturated rings. The third kappa shape index (κ3) is 2.93. The van der Waals surface area contributed by atoms with E-state index in [0.717, 1.165) is 17.1 Å². The van der Waals surface area contributed by atoms with Crippen molar-refractivity contribution >= 4 is 11.6 Å². The smallest absolute Gasteiger partial charge is 0.253 e. The van der Waals surface area contributed by atoms with Crippen molar-refractivity contribution in [1.82, 2.24) is 14.9 Å². The molecule has 2 aromatic rings. The number of aryl methyl sites for hydroxylation is 2. The van der Waals surface area contributed by atoms with Gasteiger partial charge < -0.3 is 15.2 Å². The highest BCUT2D eigenvalue weighted by atomic mass is 16.1. The summed E-state index contributed by atoms with van der Waals surface area (Å²) in [5.74, 6) is 0.725. The number of imidazole rings is 1. The van der Waals surface area contributed by atoms with Crippen molar-refractivity contribution in [1.29, 1.82) is 0 Å². The van der Waals surface area contributed by atoms with Gasteiger partial charge in [-0.3, -0.25) is 4.79 Å². The lowest BCUT2D eigenvalue weighted by atomic mass is 10.1. The summed E-state index contributed by atoms with van der Waals surface area (Å²) in [6, 6.07) is 5.76. The molecule has 2 N–H and O–H groups in total. The summed E-state index contributed by atoms with van der Waals surface area (Å²) in [6.45, 7) is 2.38. The molecule has 0 spiro atoms. The quantitative estimate of drug-likeness (QED) is 0.877. The highest BCUT2D eigenvalue weighted by Gasteiger charge is 2.11. The van der Waals surface area contributed by atoms with Gasteiger partial charge in [0.25, 0.3) is 5.91 Å². The lowest BCUT2D eigenvalue weighted by Crippen LogP contribution is -2.25. The molecule has 100 valence electrons. The van der Waals surface area contributed by atoms with E-state index in [0.29, 0.717) is 12.1 Å². The molecule has 0 radical (unpaired) electrons. The predicted molar refractivity (Wildman–Crippen MR) is 75.1 cm³/mol. The fourth-order valence-electron chi connectivity index (χ4n) is 1.89. The molecule has 1 heterocycles. The van der Waals surface area contributed by atoms with E-state index >= 15 is 0 Å². The van der Waals surface area contributed by atoms with Crippen molar-refractivity contribution in [3.05, 3.63) is 47.5 Å². The third-order valence-corrected chi connectivity index (χ3v) is 3.02. The minimum Gasteiger partial charge on any atom is -0.387 e. The molecule has 1 aromatic heterocycles. The van der Waals surface area contributed by atoms with Gasteiger partial charge in [-0.25, -0.2) is 4.98 Å². The van der Waals surface area contributed by atoms with Crippen LogP contribution in [0.3, 0.4) is 0 Å². The SMILES string of the molecule is CNc1ccc(C)cc1C(=O)NCc1nccn1C. The normalized spacial score (nSPS) is 10.3. The molecule has 0 bridgehead atoms. The van der Waals surface area contributed by atoms with Crippen LogP contribution in [0.25, 0.3) is 0 Å². The van der Waals surface area contributed by atoms with Gasteiger partial charge in [0.05, 0.1) is 12.1 Å². The number of amides is 1. The second kappa shape index (κ2) is 5.56. The summed E-state index contributed by atoms with van der Waals surface area (Å²) < 4.78 is 1.88. The van der Waals surface area contributed by atoms with Gasteiger partial charge in [0, 0.05) is 32.2 Å².